The summed E-state index contributed by atoms with van der Waals surface area (Å²) >= 11 is 0. The van der Waals surface area contributed by atoms with Crippen molar-refractivity contribution in [1.82, 2.24) is 0 Å². The molecule has 6 heteroatoms. The molecule has 8 aromatic rings. The second-order valence-corrected chi connectivity index (χ2v) is 14.2. The smallest absolute Gasteiger partial charge is 0.115 e. The molecule has 0 aliphatic carbocycles. The van der Waals surface area contributed by atoms with Crippen LogP contribution in [0, 0.1) is 71.0 Å². The van der Waals surface area contributed by atoms with Gasteiger partial charge in [0.2, 0.25) is 0 Å². The summed E-state index contributed by atoms with van der Waals surface area (Å²) in [6.45, 7) is 0. The van der Waals surface area contributed by atoms with E-state index >= 15 is 0 Å². The van der Waals surface area contributed by atoms with Crippen molar-refractivity contribution < 1.29 is 30.6 Å². The molecule has 0 radical (unpaired) electrons. The van der Waals surface area contributed by atoms with Crippen molar-refractivity contribution in [1.29, 1.82) is 0 Å². The molecule has 0 aliphatic rings. The number of hydrogen-bond donors (Lipinski definition) is 6. The van der Waals surface area contributed by atoms with Gasteiger partial charge in [0, 0.05) is 60.8 Å². The van der Waals surface area contributed by atoms with E-state index in [-0.39, 0.29) is 34.5 Å². The van der Waals surface area contributed by atoms with Gasteiger partial charge in [0.15, 0.2) is 0 Å². The zero-order chi connectivity index (χ0) is 44.4. The Hall–Kier alpha value is -9.82. The Labute approximate surface area is 370 Å². The number of rotatable bonds is 0. The maximum absolute atomic E-state index is 10.1. The highest BCUT2D eigenvalue weighted by Gasteiger charge is 2.20. The summed E-state index contributed by atoms with van der Waals surface area (Å²) in [6.07, 6.45) is 0. The SMILES string of the molecule is Oc1ccc(C#Cc2ccc3c(C#Cc4ccc(O)cc4)c(C#Cc4ccc(O)cc4)c(C#Cc4ccc(O)cc4)c(C#Cc4ccc(O)cc4)c3c2C#Cc2ccc(O)cc2)cc1. The van der Waals surface area contributed by atoms with Gasteiger partial charge in [0.05, 0.1) is 16.7 Å². The van der Waals surface area contributed by atoms with Crippen LogP contribution in [-0.2, 0) is 0 Å². The van der Waals surface area contributed by atoms with Crippen LogP contribution in [-0.4, -0.2) is 30.6 Å². The van der Waals surface area contributed by atoms with Crippen LogP contribution in [0.4, 0.5) is 0 Å². The Balaban J connectivity index is 1.55. The molecule has 0 atom stereocenters. The van der Waals surface area contributed by atoms with Gasteiger partial charge < -0.3 is 30.6 Å². The molecule has 0 unspecified atom stereocenters. The van der Waals surface area contributed by atoms with Gasteiger partial charge in [-0.05, 0) is 152 Å². The van der Waals surface area contributed by atoms with Crippen molar-refractivity contribution >= 4 is 10.8 Å². The van der Waals surface area contributed by atoms with Crippen LogP contribution in [0.25, 0.3) is 10.8 Å². The molecule has 0 heterocycles. The van der Waals surface area contributed by atoms with E-state index in [1.54, 1.807) is 146 Å². The van der Waals surface area contributed by atoms with Crippen LogP contribution in [0.1, 0.15) is 66.8 Å². The Morgan fingerprint density at radius 1 is 0.203 bits per heavy atom. The summed E-state index contributed by atoms with van der Waals surface area (Å²) < 4.78 is 0. The van der Waals surface area contributed by atoms with Crippen LogP contribution >= 0.6 is 0 Å². The number of phenolic OH excluding ortho intramolecular Hbond substituents is 6. The molecule has 0 aliphatic heterocycles. The lowest BCUT2D eigenvalue weighted by atomic mass is 9.85. The molecule has 0 saturated carbocycles. The maximum atomic E-state index is 10.1. The lowest BCUT2D eigenvalue weighted by Crippen LogP contribution is -2.02. The van der Waals surface area contributed by atoms with Crippen molar-refractivity contribution in [2.75, 3.05) is 0 Å². The molecule has 8 rings (SSSR count). The molecule has 8 aromatic carbocycles. The quantitative estimate of drug-likeness (QED) is 0.0849. The number of hydrogen-bond acceptors (Lipinski definition) is 6. The maximum Gasteiger partial charge on any atom is 0.115 e. The first-order valence-electron chi connectivity index (χ1n) is 19.7. The summed E-state index contributed by atoms with van der Waals surface area (Å²) in [7, 11) is 0. The van der Waals surface area contributed by atoms with E-state index in [0.717, 1.165) is 0 Å². The third kappa shape index (κ3) is 9.95. The minimum Gasteiger partial charge on any atom is -0.508 e. The number of phenols is 6. The molecule has 0 saturated heterocycles. The minimum atomic E-state index is 0.0849. The van der Waals surface area contributed by atoms with Gasteiger partial charge in [-0.15, -0.1) is 0 Å². The minimum absolute atomic E-state index is 0.0849. The van der Waals surface area contributed by atoms with E-state index in [9.17, 15) is 30.6 Å². The van der Waals surface area contributed by atoms with Gasteiger partial charge in [0.1, 0.15) is 34.5 Å². The average Bonchev–Trinajstić information content (AvgIpc) is 3.31. The van der Waals surface area contributed by atoms with E-state index in [4.69, 9.17) is 0 Å². The predicted molar refractivity (Wildman–Crippen MR) is 248 cm³/mol. The van der Waals surface area contributed by atoms with Crippen molar-refractivity contribution in [2.45, 2.75) is 0 Å². The van der Waals surface area contributed by atoms with E-state index < -0.39 is 0 Å². The van der Waals surface area contributed by atoms with Crippen LogP contribution in [0.2, 0.25) is 0 Å². The Kier molecular flexibility index (Phi) is 11.9. The molecular weight excluding hydrogens is 793 g/mol. The van der Waals surface area contributed by atoms with Crippen molar-refractivity contribution in [2.24, 2.45) is 0 Å². The first-order chi connectivity index (χ1) is 31.1. The van der Waals surface area contributed by atoms with E-state index in [2.05, 4.69) is 71.0 Å². The van der Waals surface area contributed by atoms with Crippen LogP contribution in [0.15, 0.2) is 158 Å². The van der Waals surface area contributed by atoms with Crippen LogP contribution in [0.3, 0.4) is 0 Å². The third-order valence-corrected chi connectivity index (χ3v) is 9.68. The number of fused-ring (bicyclic) bond motifs is 1. The second kappa shape index (κ2) is 18.6. The Morgan fingerprint density at radius 2 is 0.453 bits per heavy atom. The normalized spacial score (nSPS) is 9.81. The zero-order valence-corrected chi connectivity index (χ0v) is 33.7. The van der Waals surface area contributed by atoms with E-state index in [1.165, 1.54) is 0 Å². The lowest BCUT2D eigenvalue weighted by Gasteiger charge is -2.15. The van der Waals surface area contributed by atoms with Gasteiger partial charge in [-0.1, -0.05) is 77.1 Å². The van der Waals surface area contributed by atoms with Gasteiger partial charge in [-0.3, -0.25) is 0 Å². The fraction of sp³-hybridized carbons (Fsp3) is 0. The van der Waals surface area contributed by atoms with Gasteiger partial charge in [-0.25, -0.2) is 0 Å². The van der Waals surface area contributed by atoms with Crippen LogP contribution in [0.5, 0.6) is 34.5 Å². The van der Waals surface area contributed by atoms with Crippen molar-refractivity contribution in [3.8, 4) is 106 Å². The first kappa shape index (κ1) is 40.9. The molecule has 0 fully saturated rings. The van der Waals surface area contributed by atoms with E-state index in [1.807, 2.05) is 12.1 Å². The lowest BCUT2D eigenvalue weighted by molar-refractivity contribution is 0.474. The number of benzene rings is 8. The molecule has 0 bridgehead atoms. The summed E-state index contributed by atoms with van der Waals surface area (Å²) in [6, 6.07) is 42.9. The monoisotopic (exact) mass is 824 g/mol. The highest BCUT2D eigenvalue weighted by molar-refractivity contribution is 6.02. The fourth-order valence-electron chi connectivity index (χ4n) is 6.40. The standard InChI is InChI=1S/C58H32O6/c59-46-21-2-39(3-22-46)1-19-45-20-38-57-55(36-17-43-10-29-50(63)30-11-43)53(34-15-41-6-25-48(61)26-7-41)54(35-16-42-8-27-49(62)28-9-42)56(37-18-44-12-31-51(64)32-13-44)58(57)52(45)33-14-40-4-23-47(60)24-5-40/h2-13,20-32,38,59-64H. The van der Waals surface area contributed by atoms with Crippen molar-refractivity contribution in [3.05, 3.63) is 224 Å². The molecule has 64 heavy (non-hydrogen) atoms. The summed E-state index contributed by atoms with van der Waals surface area (Å²) in [5.41, 5.74) is 6.63. The first-order valence-corrected chi connectivity index (χ1v) is 19.7. The molecule has 0 amide bonds. The summed E-state index contributed by atoms with van der Waals surface area (Å²) in [5.74, 6) is 40.3. The van der Waals surface area contributed by atoms with Crippen molar-refractivity contribution in [3.63, 3.8) is 0 Å². The highest BCUT2D eigenvalue weighted by Crippen LogP contribution is 2.34. The zero-order valence-electron chi connectivity index (χ0n) is 33.7. The van der Waals surface area contributed by atoms with Gasteiger partial charge >= 0.3 is 0 Å². The summed E-state index contributed by atoms with van der Waals surface area (Å²) in [5, 5.41) is 61.5. The van der Waals surface area contributed by atoms with Gasteiger partial charge in [-0.2, -0.15) is 0 Å². The molecule has 0 aromatic heterocycles. The Bertz CT molecular complexity index is 3400. The fourth-order valence-corrected chi connectivity index (χ4v) is 6.40. The molecule has 6 N–H and O–H groups in total. The Morgan fingerprint density at radius 3 is 0.781 bits per heavy atom. The molecule has 0 spiro atoms. The van der Waals surface area contributed by atoms with Gasteiger partial charge in [0.25, 0.3) is 0 Å². The third-order valence-electron chi connectivity index (χ3n) is 9.68. The molecule has 6 nitrogen and oxygen atoms in total. The van der Waals surface area contributed by atoms with Crippen LogP contribution < -0.4 is 0 Å². The molecule has 300 valence electrons. The number of aromatic hydroxyl groups is 6. The summed E-state index contributed by atoms with van der Waals surface area (Å²) in [4.78, 5) is 0. The predicted octanol–water partition coefficient (Wildman–Crippen LogP) is 9.47. The highest BCUT2D eigenvalue weighted by atomic mass is 16.3. The largest absolute Gasteiger partial charge is 0.508 e. The molecular formula is C58H32O6. The average molecular weight is 825 g/mol. The second-order valence-electron chi connectivity index (χ2n) is 14.2. The van der Waals surface area contributed by atoms with E-state index in [0.29, 0.717) is 77.5 Å². The topological polar surface area (TPSA) is 121 Å².